The smallest absolute Gasteiger partial charge is 0.156 e. The molecule has 1 saturated heterocycles. The number of thioether (sulfide) groups is 1. The van der Waals surface area contributed by atoms with Crippen LogP contribution in [-0.4, -0.2) is 37.2 Å². The van der Waals surface area contributed by atoms with E-state index in [1.807, 2.05) is 11.8 Å². The zero-order valence-electron chi connectivity index (χ0n) is 12.0. The summed E-state index contributed by atoms with van der Waals surface area (Å²) in [5, 5.41) is 4.78. The molecule has 3 nitrogen and oxygen atoms in total. The number of hydrogen-bond donors (Lipinski definition) is 1. The maximum absolute atomic E-state index is 5.46. The van der Waals surface area contributed by atoms with Crippen LogP contribution in [-0.2, 0) is 4.74 Å². The average Bonchev–Trinajstić information content (AvgIpc) is 2.88. The molecule has 0 aromatic rings. The second-order valence-electron chi connectivity index (χ2n) is 6.89. The Labute approximate surface area is 121 Å². The summed E-state index contributed by atoms with van der Waals surface area (Å²) in [7, 11) is 0. The molecule has 0 atom stereocenters. The lowest BCUT2D eigenvalue weighted by Crippen LogP contribution is -2.40. The predicted molar refractivity (Wildman–Crippen MR) is 81.8 cm³/mol. The Morgan fingerprint density at radius 1 is 1.21 bits per heavy atom. The molecule has 0 unspecified atom stereocenters. The van der Waals surface area contributed by atoms with Crippen molar-refractivity contribution in [3.8, 4) is 0 Å². The number of amidine groups is 1. The Morgan fingerprint density at radius 3 is 2.58 bits per heavy atom. The molecule has 0 amide bonds. The van der Waals surface area contributed by atoms with Crippen molar-refractivity contribution in [2.75, 3.05) is 32.1 Å². The van der Waals surface area contributed by atoms with Gasteiger partial charge in [-0.2, -0.15) is 0 Å². The second-order valence-corrected chi connectivity index (χ2v) is 7.86. The molecule has 0 radical (unpaired) electrons. The number of ether oxygens (including phenoxy) is 1. The molecule has 1 aliphatic carbocycles. The van der Waals surface area contributed by atoms with Crippen molar-refractivity contribution in [1.82, 2.24) is 5.32 Å². The van der Waals surface area contributed by atoms with Crippen molar-refractivity contribution in [3.63, 3.8) is 0 Å². The van der Waals surface area contributed by atoms with Gasteiger partial charge in [-0.3, -0.25) is 4.99 Å². The molecule has 0 aromatic carbocycles. The fourth-order valence-corrected chi connectivity index (χ4v) is 4.57. The van der Waals surface area contributed by atoms with Crippen LogP contribution in [0.25, 0.3) is 0 Å². The topological polar surface area (TPSA) is 33.6 Å². The highest BCUT2D eigenvalue weighted by molar-refractivity contribution is 8.13. The normalized spacial score (nSPS) is 29.2. The maximum Gasteiger partial charge on any atom is 0.156 e. The van der Waals surface area contributed by atoms with Crippen LogP contribution in [0.4, 0.5) is 0 Å². The zero-order valence-corrected chi connectivity index (χ0v) is 12.9. The number of nitrogens with one attached hydrogen (secondary N) is 1. The largest absolute Gasteiger partial charge is 0.381 e. The molecule has 1 spiro atoms. The molecule has 3 aliphatic rings. The SMILES string of the molecule is CC1(CNC2=NCC3(CCCC3)CS2)CCOCC1. The van der Waals surface area contributed by atoms with Gasteiger partial charge in [-0.05, 0) is 36.5 Å². The molecule has 1 N–H and O–H groups in total. The summed E-state index contributed by atoms with van der Waals surface area (Å²) in [6.07, 6.45) is 7.95. The predicted octanol–water partition coefficient (Wildman–Crippen LogP) is 3.06. The van der Waals surface area contributed by atoms with E-state index >= 15 is 0 Å². The highest BCUT2D eigenvalue weighted by atomic mass is 32.2. The van der Waals surface area contributed by atoms with E-state index in [9.17, 15) is 0 Å². The van der Waals surface area contributed by atoms with Crippen LogP contribution < -0.4 is 5.32 Å². The summed E-state index contributed by atoms with van der Waals surface area (Å²) >= 11 is 1.95. The molecule has 108 valence electrons. The molecule has 1 saturated carbocycles. The number of rotatable bonds is 2. The summed E-state index contributed by atoms with van der Waals surface area (Å²) in [5.41, 5.74) is 0.947. The average molecular weight is 282 g/mol. The van der Waals surface area contributed by atoms with E-state index in [0.717, 1.165) is 26.3 Å². The Morgan fingerprint density at radius 2 is 1.95 bits per heavy atom. The highest BCUT2D eigenvalue weighted by Gasteiger charge is 2.36. The Kier molecular flexibility index (Phi) is 4.08. The first kappa shape index (κ1) is 13.7. The van der Waals surface area contributed by atoms with Crippen LogP contribution in [0.5, 0.6) is 0 Å². The van der Waals surface area contributed by atoms with Gasteiger partial charge in [0, 0.05) is 32.1 Å². The molecule has 19 heavy (non-hydrogen) atoms. The Bertz CT molecular complexity index is 344. The quantitative estimate of drug-likeness (QED) is 0.845. The first-order valence-electron chi connectivity index (χ1n) is 7.69. The lowest BCUT2D eigenvalue weighted by atomic mass is 9.82. The van der Waals surface area contributed by atoms with E-state index in [-0.39, 0.29) is 0 Å². The lowest BCUT2D eigenvalue weighted by molar-refractivity contribution is 0.0262. The van der Waals surface area contributed by atoms with Gasteiger partial charge in [0.05, 0.1) is 0 Å². The van der Waals surface area contributed by atoms with Gasteiger partial charge >= 0.3 is 0 Å². The van der Waals surface area contributed by atoms with Crippen molar-refractivity contribution in [2.45, 2.75) is 45.4 Å². The van der Waals surface area contributed by atoms with Gasteiger partial charge in [0.25, 0.3) is 0 Å². The minimum Gasteiger partial charge on any atom is -0.381 e. The number of nitrogens with zero attached hydrogens (tertiary/aromatic N) is 1. The third-order valence-electron chi connectivity index (χ3n) is 5.10. The van der Waals surface area contributed by atoms with Gasteiger partial charge in [0.1, 0.15) is 0 Å². The van der Waals surface area contributed by atoms with Crippen LogP contribution in [0.1, 0.15) is 45.4 Å². The highest BCUT2D eigenvalue weighted by Crippen LogP contribution is 2.43. The lowest BCUT2D eigenvalue weighted by Gasteiger charge is -2.35. The van der Waals surface area contributed by atoms with E-state index < -0.39 is 0 Å². The Hall–Kier alpha value is -0.220. The third-order valence-corrected chi connectivity index (χ3v) is 6.41. The standard InChI is InChI=1S/C15H26N2OS/c1-14(6-8-18-9-7-14)10-16-13-17-11-15(12-19-13)4-2-3-5-15/h2-12H2,1H3,(H,16,17). The van der Waals surface area contributed by atoms with E-state index in [4.69, 9.17) is 9.73 Å². The van der Waals surface area contributed by atoms with E-state index in [1.54, 1.807) is 0 Å². The summed E-state index contributed by atoms with van der Waals surface area (Å²) in [5.74, 6) is 1.28. The van der Waals surface area contributed by atoms with Crippen molar-refractivity contribution in [3.05, 3.63) is 0 Å². The summed E-state index contributed by atoms with van der Waals surface area (Å²) < 4.78 is 5.46. The molecule has 0 bridgehead atoms. The zero-order chi connectivity index (χ0) is 13.2. The molecule has 4 heteroatoms. The van der Waals surface area contributed by atoms with Crippen LogP contribution in [0.2, 0.25) is 0 Å². The van der Waals surface area contributed by atoms with E-state index in [0.29, 0.717) is 10.8 Å². The summed E-state index contributed by atoms with van der Waals surface area (Å²) in [6, 6.07) is 0. The molecule has 2 fully saturated rings. The minimum atomic E-state index is 0.393. The van der Waals surface area contributed by atoms with Crippen LogP contribution in [0.15, 0.2) is 4.99 Å². The van der Waals surface area contributed by atoms with E-state index in [1.165, 1.54) is 49.4 Å². The van der Waals surface area contributed by atoms with E-state index in [2.05, 4.69) is 12.2 Å². The first-order valence-corrected chi connectivity index (χ1v) is 8.67. The monoisotopic (exact) mass is 282 g/mol. The molecular formula is C15H26N2OS. The number of hydrogen-bond acceptors (Lipinski definition) is 4. The maximum atomic E-state index is 5.46. The van der Waals surface area contributed by atoms with Gasteiger partial charge < -0.3 is 10.1 Å². The number of aliphatic imine (C=N–C) groups is 1. The second kappa shape index (κ2) is 5.65. The van der Waals surface area contributed by atoms with Crippen molar-refractivity contribution in [2.24, 2.45) is 15.8 Å². The Balaban J connectivity index is 1.49. The first-order chi connectivity index (χ1) is 9.20. The van der Waals surface area contributed by atoms with Gasteiger partial charge in [0.15, 0.2) is 5.17 Å². The van der Waals surface area contributed by atoms with Crippen LogP contribution >= 0.6 is 11.8 Å². The van der Waals surface area contributed by atoms with Crippen LogP contribution in [0.3, 0.4) is 0 Å². The van der Waals surface area contributed by atoms with Crippen molar-refractivity contribution < 1.29 is 4.74 Å². The molecule has 0 aromatic heterocycles. The fraction of sp³-hybridized carbons (Fsp3) is 0.933. The van der Waals surface area contributed by atoms with Crippen molar-refractivity contribution in [1.29, 1.82) is 0 Å². The molecule has 2 aliphatic heterocycles. The summed E-state index contributed by atoms with van der Waals surface area (Å²) in [4.78, 5) is 4.82. The van der Waals surface area contributed by atoms with Gasteiger partial charge in [-0.1, -0.05) is 31.5 Å². The third kappa shape index (κ3) is 3.27. The van der Waals surface area contributed by atoms with Gasteiger partial charge in [-0.15, -0.1) is 0 Å². The minimum absolute atomic E-state index is 0.393. The molecule has 2 heterocycles. The summed E-state index contributed by atoms with van der Waals surface area (Å²) in [6.45, 7) is 6.31. The van der Waals surface area contributed by atoms with Crippen LogP contribution in [0, 0.1) is 10.8 Å². The molecule has 3 rings (SSSR count). The molecular weight excluding hydrogens is 256 g/mol. The van der Waals surface area contributed by atoms with Crippen molar-refractivity contribution >= 4 is 16.9 Å². The van der Waals surface area contributed by atoms with Gasteiger partial charge in [0.2, 0.25) is 0 Å². The van der Waals surface area contributed by atoms with Gasteiger partial charge in [-0.25, -0.2) is 0 Å². The fourth-order valence-electron chi connectivity index (χ4n) is 3.42.